The number of rotatable bonds is 3. The molecule has 3 nitrogen and oxygen atoms in total. The Kier molecular flexibility index (Phi) is 4.44. The van der Waals surface area contributed by atoms with Gasteiger partial charge in [0, 0.05) is 18.2 Å². The minimum atomic E-state index is -0.345. The molecule has 0 fully saturated rings. The first-order valence-corrected chi connectivity index (χ1v) is 5.70. The van der Waals surface area contributed by atoms with Crippen LogP contribution in [0.3, 0.4) is 0 Å². The van der Waals surface area contributed by atoms with E-state index >= 15 is 0 Å². The number of benzene rings is 1. The highest BCUT2D eigenvalue weighted by Gasteiger charge is 2.09. The quantitative estimate of drug-likeness (QED) is 0.898. The summed E-state index contributed by atoms with van der Waals surface area (Å²) in [6.45, 7) is 3.49. The summed E-state index contributed by atoms with van der Waals surface area (Å²) in [5, 5.41) is 2.69. The summed E-state index contributed by atoms with van der Waals surface area (Å²) < 4.78 is 13.5. The van der Waals surface area contributed by atoms with Crippen LogP contribution in [0, 0.1) is 12.7 Å². The second-order valence-corrected chi connectivity index (χ2v) is 4.67. The number of carbonyl (C=O) groups excluding carboxylic acids is 1. The molecule has 0 heterocycles. The number of aryl methyl sites for hydroxylation is 1. The minimum absolute atomic E-state index is 0.170. The van der Waals surface area contributed by atoms with E-state index in [2.05, 4.69) is 21.2 Å². The van der Waals surface area contributed by atoms with E-state index in [0.29, 0.717) is 15.7 Å². The van der Waals surface area contributed by atoms with Gasteiger partial charge in [-0.15, -0.1) is 0 Å². The van der Waals surface area contributed by atoms with Crippen LogP contribution in [0.5, 0.6) is 0 Å². The van der Waals surface area contributed by atoms with Crippen LogP contribution in [0.15, 0.2) is 16.6 Å². The lowest BCUT2D eigenvalue weighted by Crippen LogP contribution is -2.24. The van der Waals surface area contributed by atoms with Crippen LogP contribution in [-0.4, -0.2) is 11.9 Å². The molecule has 0 bridgehead atoms. The number of hydrogen-bond acceptors (Lipinski definition) is 2. The Labute approximate surface area is 102 Å². The van der Waals surface area contributed by atoms with Gasteiger partial charge in [0.2, 0.25) is 5.91 Å². The number of nitrogens with one attached hydrogen (secondary N) is 1. The molecule has 1 atom stereocenters. The molecule has 5 heteroatoms. The van der Waals surface area contributed by atoms with Crippen LogP contribution in [-0.2, 0) is 4.79 Å². The molecule has 88 valence electrons. The summed E-state index contributed by atoms with van der Waals surface area (Å²) in [7, 11) is 0. The summed E-state index contributed by atoms with van der Waals surface area (Å²) in [4.78, 5) is 11.5. The van der Waals surface area contributed by atoms with E-state index in [4.69, 9.17) is 5.73 Å². The van der Waals surface area contributed by atoms with Crippen molar-refractivity contribution in [3.8, 4) is 0 Å². The predicted molar refractivity (Wildman–Crippen MR) is 65.7 cm³/mol. The van der Waals surface area contributed by atoms with Gasteiger partial charge in [0.05, 0.1) is 4.47 Å². The highest BCUT2D eigenvalue weighted by atomic mass is 79.9. The van der Waals surface area contributed by atoms with E-state index in [1.807, 2.05) is 0 Å². The molecule has 16 heavy (non-hydrogen) atoms. The van der Waals surface area contributed by atoms with Crippen molar-refractivity contribution >= 4 is 27.5 Å². The summed E-state index contributed by atoms with van der Waals surface area (Å²) in [5.41, 5.74) is 6.78. The SMILES string of the molecule is Cc1cc(F)c(Br)cc1NC(=O)CC(C)N. The molecule has 0 aliphatic carbocycles. The van der Waals surface area contributed by atoms with E-state index in [9.17, 15) is 9.18 Å². The highest BCUT2D eigenvalue weighted by molar-refractivity contribution is 9.10. The van der Waals surface area contributed by atoms with Crippen molar-refractivity contribution in [2.75, 3.05) is 5.32 Å². The fourth-order valence-corrected chi connectivity index (χ4v) is 1.62. The molecule has 3 N–H and O–H groups in total. The Hall–Kier alpha value is -0.940. The van der Waals surface area contributed by atoms with Crippen LogP contribution < -0.4 is 11.1 Å². The lowest BCUT2D eigenvalue weighted by Gasteiger charge is -2.10. The number of amides is 1. The molecule has 0 spiro atoms. The number of carbonyl (C=O) groups is 1. The maximum absolute atomic E-state index is 13.1. The van der Waals surface area contributed by atoms with Crippen molar-refractivity contribution < 1.29 is 9.18 Å². The van der Waals surface area contributed by atoms with Gasteiger partial charge in [-0.1, -0.05) is 0 Å². The third-order valence-corrected chi connectivity index (χ3v) is 2.66. The molecule has 0 aliphatic heterocycles. The van der Waals surface area contributed by atoms with Gasteiger partial charge >= 0.3 is 0 Å². The van der Waals surface area contributed by atoms with Crippen molar-refractivity contribution in [1.82, 2.24) is 0 Å². The average molecular weight is 289 g/mol. The molecular formula is C11H14BrFN2O. The highest BCUT2D eigenvalue weighted by Crippen LogP contribution is 2.24. The second kappa shape index (κ2) is 5.41. The summed E-state index contributed by atoms with van der Waals surface area (Å²) in [6, 6.07) is 2.72. The zero-order valence-corrected chi connectivity index (χ0v) is 10.8. The molecule has 1 rings (SSSR count). The van der Waals surface area contributed by atoms with Gasteiger partial charge in [-0.25, -0.2) is 4.39 Å². The van der Waals surface area contributed by atoms with Gasteiger partial charge in [0.1, 0.15) is 5.82 Å². The number of anilines is 1. The monoisotopic (exact) mass is 288 g/mol. The molecule has 0 aliphatic rings. The molecule has 1 aromatic rings. The van der Waals surface area contributed by atoms with Gasteiger partial charge in [0.15, 0.2) is 0 Å². The standard InChI is InChI=1S/C11H14BrFN2O/c1-6-3-9(13)8(12)5-10(6)15-11(16)4-7(2)14/h3,5,7H,4,14H2,1-2H3,(H,15,16). The second-order valence-electron chi connectivity index (χ2n) is 3.81. The average Bonchev–Trinajstić information content (AvgIpc) is 2.12. The van der Waals surface area contributed by atoms with Crippen molar-refractivity contribution in [3.05, 3.63) is 28.0 Å². The zero-order chi connectivity index (χ0) is 12.3. The first-order chi connectivity index (χ1) is 7.40. The zero-order valence-electron chi connectivity index (χ0n) is 9.18. The smallest absolute Gasteiger partial charge is 0.225 e. The molecule has 1 aromatic carbocycles. The Morgan fingerprint density at radius 2 is 2.25 bits per heavy atom. The minimum Gasteiger partial charge on any atom is -0.327 e. The summed E-state index contributed by atoms with van der Waals surface area (Å²) >= 11 is 3.07. The van der Waals surface area contributed by atoms with Gasteiger partial charge in [0.25, 0.3) is 0 Å². The number of halogens is 2. The molecular weight excluding hydrogens is 275 g/mol. The Bertz CT molecular complexity index is 407. The van der Waals surface area contributed by atoms with Gasteiger partial charge in [-0.3, -0.25) is 4.79 Å². The van der Waals surface area contributed by atoms with E-state index in [-0.39, 0.29) is 24.2 Å². The molecule has 1 unspecified atom stereocenters. The number of nitrogens with two attached hydrogens (primary N) is 1. The molecule has 0 aromatic heterocycles. The van der Waals surface area contributed by atoms with Crippen molar-refractivity contribution in [2.45, 2.75) is 26.3 Å². The first kappa shape index (κ1) is 13.1. The molecule has 0 saturated heterocycles. The van der Waals surface area contributed by atoms with Gasteiger partial charge < -0.3 is 11.1 Å². The van der Waals surface area contributed by atoms with Crippen LogP contribution in [0.1, 0.15) is 18.9 Å². The van der Waals surface area contributed by atoms with Crippen molar-refractivity contribution in [1.29, 1.82) is 0 Å². The summed E-state index contributed by atoms with van der Waals surface area (Å²) in [6.07, 6.45) is 0.244. The van der Waals surface area contributed by atoms with E-state index in [1.165, 1.54) is 6.07 Å². The molecule has 0 radical (unpaired) electrons. The molecule has 1 amide bonds. The Morgan fingerprint density at radius 1 is 1.62 bits per heavy atom. The number of hydrogen-bond donors (Lipinski definition) is 2. The lowest BCUT2D eigenvalue weighted by atomic mass is 10.2. The van der Waals surface area contributed by atoms with Gasteiger partial charge in [-0.2, -0.15) is 0 Å². The predicted octanol–water partition coefficient (Wildman–Crippen LogP) is 2.57. The third kappa shape index (κ3) is 3.57. The lowest BCUT2D eigenvalue weighted by molar-refractivity contribution is -0.116. The fraction of sp³-hybridized carbons (Fsp3) is 0.364. The summed E-state index contributed by atoms with van der Waals surface area (Å²) in [5.74, 6) is -0.515. The topological polar surface area (TPSA) is 55.1 Å². The van der Waals surface area contributed by atoms with Crippen LogP contribution in [0.2, 0.25) is 0 Å². The van der Waals surface area contributed by atoms with Crippen LogP contribution >= 0.6 is 15.9 Å². The largest absolute Gasteiger partial charge is 0.327 e. The normalized spacial score (nSPS) is 12.3. The van der Waals surface area contributed by atoms with Crippen LogP contribution in [0.25, 0.3) is 0 Å². The van der Waals surface area contributed by atoms with E-state index in [0.717, 1.165) is 0 Å². The molecule has 0 saturated carbocycles. The van der Waals surface area contributed by atoms with E-state index < -0.39 is 0 Å². The first-order valence-electron chi connectivity index (χ1n) is 4.91. The maximum atomic E-state index is 13.1. The van der Waals surface area contributed by atoms with Gasteiger partial charge in [-0.05, 0) is 47.5 Å². The fourth-order valence-electron chi connectivity index (χ4n) is 1.27. The van der Waals surface area contributed by atoms with E-state index in [1.54, 1.807) is 19.9 Å². The maximum Gasteiger partial charge on any atom is 0.225 e. The van der Waals surface area contributed by atoms with Crippen molar-refractivity contribution in [3.63, 3.8) is 0 Å². The van der Waals surface area contributed by atoms with Crippen molar-refractivity contribution in [2.24, 2.45) is 5.73 Å². The van der Waals surface area contributed by atoms with Crippen LogP contribution in [0.4, 0.5) is 10.1 Å². The Balaban J connectivity index is 2.81. The Morgan fingerprint density at radius 3 is 2.81 bits per heavy atom. The third-order valence-electron chi connectivity index (χ3n) is 2.05.